The molecule has 0 aliphatic carbocycles. The lowest BCUT2D eigenvalue weighted by Crippen LogP contribution is -2.53. The summed E-state index contributed by atoms with van der Waals surface area (Å²) in [6, 6.07) is 36.4. The third-order valence-corrected chi connectivity index (χ3v) is 8.56. The fourth-order valence-electron chi connectivity index (χ4n) is 5.45. The van der Waals surface area contributed by atoms with E-state index < -0.39 is 6.03 Å². The van der Waals surface area contributed by atoms with Crippen LogP contribution >= 0.6 is 24.4 Å². The Bertz CT molecular complexity index is 1820. The molecule has 0 aliphatic heterocycles. The molecule has 7 nitrogen and oxygen atoms in total. The summed E-state index contributed by atoms with van der Waals surface area (Å²) in [5.74, 6) is 0. The Hall–Kier alpha value is -4.99. The van der Waals surface area contributed by atoms with Gasteiger partial charge in [-0.2, -0.15) is 0 Å². The predicted molar refractivity (Wildman–Crippen MR) is 186 cm³/mol. The third kappa shape index (κ3) is 6.06. The molecule has 44 heavy (non-hydrogen) atoms. The molecule has 0 saturated heterocycles. The van der Waals surface area contributed by atoms with Crippen LogP contribution in [0.15, 0.2) is 122 Å². The second-order valence-corrected chi connectivity index (χ2v) is 11.4. The van der Waals surface area contributed by atoms with Gasteiger partial charge in [-0.15, -0.1) is 0 Å². The van der Waals surface area contributed by atoms with Gasteiger partial charge in [0.2, 0.25) is 0 Å². The van der Waals surface area contributed by atoms with E-state index in [-0.39, 0.29) is 0 Å². The van der Waals surface area contributed by atoms with Gasteiger partial charge in [-0.1, -0.05) is 121 Å². The summed E-state index contributed by atoms with van der Waals surface area (Å²) in [5, 5.41) is 5.16. The number of aromatic nitrogens is 2. The second-order valence-electron chi connectivity index (χ2n) is 10.6. The highest BCUT2D eigenvalue weighted by Crippen LogP contribution is 2.25. The molecular formula is C35H32N6OS2. The number of para-hydroxylation sites is 2. The molecule has 0 atom stereocenters. The largest absolute Gasteiger partial charge is 0.352 e. The number of carbonyl (C=O) groups is 1. The Morgan fingerprint density at radius 3 is 1.36 bits per heavy atom. The second kappa shape index (κ2) is 12.7. The lowest BCUT2D eigenvalue weighted by Gasteiger charge is -2.25. The topological polar surface area (TPSA) is 57.5 Å². The van der Waals surface area contributed by atoms with Gasteiger partial charge in [0.15, 0.2) is 0 Å². The zero-order valence-electron chi connectivity index (χ0n) is 24.5. The van der Waals surface area contributed by atoms with Crippen LogP contribution in [0, 0.1) is 0 Å². The van der Waals surface area contributed by atoms with E-state index in [9.17, 15) is 4.79 Å². The number of fused-ring (bicyclic) bond motifs is 2. The summed E-state index contributed by atoms with van der Waals surface area (Å²) < 4.78 is 4.36. The van der Waals surface area contributed by atoms with Gasteiger partial charge in [-0.3, -0.25) is 10.0 Å². The standard InChI is InChI=1S/C35H32N6OS2/c1-38(33(43)29-23-40(21-25-13-5-3-6-14-25)31-19-11-9-17-27(29)31)36-35(42)37-39(2)34(44)30-24-41(22-26-15-7-4-8-16-26)32-20-12-10-18-28(30)32/h3-20,23-24H,21-22H2,1-2H3,(H2,36,37,42). The highest BCUT2D eigenvalue weighted by atomic mass is 32.1. The number of urea groups is 1. The molecule has 2 amide bonds. The van der Waals surface area contributed by atoms with Crippen molar-refractivity contribution >= 4 is 62.2 Å². The minimum Gasteiger partial charge on any atom is -0.342 e. The summed E-state index contributed by atoms with van der Waals surface area (Å²) in [6.07, 6.45) is 4.09. The third-order valence-electron chi connectivity index (χ3n) is 7.58. The fraction of sp³-hybridized carbons (Fsp3) is 0.114. The number of amides is 2. The number of nitrogens with one attached hydrogen (secondary N) is 2. The molecule has 2 heterocycles. The summed E-state index contributed by atoms with van der Waals surface area (Å²) in [4.78, 5) is 14.1. The maximum Gasteiger partial charge on any atom is 0.352 e. The number of benzene rings is 4. The lowest BCUT2D eigenvalue weighted by atomic mass is 10.2. The van der Waals surface area contributed by atoms with Crippen molar-refractivity contribution in [2.24, 2.45) is 0 Å². The first-order valence-electron chi connectivity index (χ1n) is 14.3. The molecule has 6 rings (SSSR count). The first-order chi connectivity index (χ1) is 21.4. The Morgan fingerprint density at radius 1 is 0.591 bits per heavy atom. The highest BCUT2D eigenvalue weighted by Gasteiger charge is 2.20. The molecule has 6 aromatic rings. The van der Waals surface area contributed by atoms with Gasteiger partial charge in [0.25, 0.3) is 0 Å². The van der Waals surface area contributed by atoms with Crippen molar-refractivity contribution < 1.29 is 4.79 Å². The molecule has 0 unspecified atom stereocenters. The number of nitrogens with zero attached hydrogens (tertiary/aromatic N) is 4. The van der Waals surface area contributed by atoms with Crippen LogP contribution in [-0.4, -0.2) is 49.3 Å². The smallest absolute Gasteiger partial charge is 0.342 e. The van der Waals surface area contributed by atoms with Gasteiger partial charge >= 0.3 is 6.03 Å². The molecule has 0 bridgehead atoms. The summed E-state index contributed by atoms with van der Waals surface area (Å²) in [5.41, 5.74) is 11.9. The Kier molecular flexibility index (Phi) is 8.40. The quantitative estimate of drug-likeness (QED) is 0.160. The fourth-order valence-corrected chi connectivity index (χ4v) is 5.87. The molecule has 0 fully saturated rings. The van der Waals surface area contributed by atoms with E-state index in [2.05, 4.69) is 56.4 Å². The van der Waals surface area contributed by atoms with E-state index >= 15 is 0 Å². The van der Waals surface area contributed by atoms with Crippen molar-refractivity contribution in [2.45, 2.75) is 13.1 Å². The molecule has 4 aromatic carbocycles. The SMILES string of the molecule is CN(NC(=O)NN(C)C(=S)c1cn(Cc2ccccc2)c2ccccc12)C(=S)c1cn(Cc2ccccc2)c2ccccc12. The predicted octanol–water partition coefficient (Wildman–Crippen LogP) is 6.74. The highest BCUT2D eigenvalue weighted by molar-refractivity contribution is 7.81. The zero-order valence-corrected chi connectivity index (χ0v) is 26.1. The van der Waals surface area contributed by atoms with Crippen LogP contribution in [0.3, 0.4) is 0 Å². The first kappa shape index (κ1) is 29.1. The van der Waals surface area contributed by atoms with Crippen LogP contribution in [0.2, 0.25) is 0 Å². The summed E-state index contributed by atoms with van der Waals surface area (Å²) in [6.45, 7) is 1.43. The van der Waals surface area contributed by atoms with Gasteiger partial charge in [-0.05, 0) is 23.3 Å². The van der Waals surface area contributed by atoms with Gasteiger partial charge in [0.05, 0.1) is 0 Å². The Labute approximate surface area is 267 Å². The minimum absolute atomic E-state index is 0.458. The molecule has 0 radical (unpaired) electrons. The average molecular weight is 617 g/mol. The van der Waals surface area contributed by atoms with E-state index in [1.807, 2.05) is 85.2 Å². The first-order valence-corrected chi connectivity index (χ1v) is 15.1. The minimum atomic E-state index is -0.458. The van der Waals surface area contributed by atoms with Crippen molar-refractivity contribution in [1.82, 2.24) is 30.0 Å². The van der Waals surface area contributed by atoms with Crippen molar-refractivity contribution in [3.8, 4) is 0 Å². The number of hydrazine groups is 2. The molecule has 0 spiro atoms. The zero-order chi connectivity index (χ0) is 30.6. The van der Waals surface area contributed by atoms with E-state index in [1.54, 1.807) is 24.1 Å². The molecule has 0 saturated carbocycles. The monoisotopic (exact) mass is 616 g/mol. The number of thiocarbonyl (C=S) groups is 2. The lowest BCUT2D eigenvalue weighted by molar-refractivity contribution is 0.208. The Morgan fingerprint density at radius 2 is 0.955 bits per heavy atom. The number of rotatable bonds is 6. The summed E-state index contributed by atoms with van der Waals surface area (Å²) >= 11 is 11.7. The molecule has 220 valence electrons. The maximum atomic E-state index is 13.1. The van der Waals surface area contributed by atoms with Gasteiger partial charge in [0.1, 0.15) is 9.98 Å². The van der Waals surface area contributed by atoms with Crippen LogP contribution in [0.25, 0.3) is 21.8 Å². The van der Waals surface area contributed by atoms with Crippen LogP contribution in [0.5, 0.6) is 0 Å². The molecule has 0 aliphatic rings. The van der Waals surface area contributed by atoms with Crippen LogP contribution in [-0.2, 0) is 13.1 Å². The van der Waals surface area contributed by atoms with Gasteiger partial charge in [0, 0.05) is 72.5 Å². The van der Waals surface area contributed by atoms with E-state index in [0.29, 0.717) is 23.1 Å². The molecule has 9 heteroatoms. The van der Waals surface area contributed by atoms with Crippen LogP contribution in [0.4, 0.5) is 4.79 Å². The average Bonchev–Trinajstić information content (AvgIpc) is 3.59. The van der Waals surface area contributed by atoms with Crippen molar-refractivity contribution in [3.05, 3.63) is 144 Å². The normalized spacial score (nSPS) is 11.0. The molecular weight excluding hydrogens is 585 g/mol. The van der Waals surface area contributed by atoms with Gasteiger partial charge < -0.3 is 9.13 Å². The Balaban J connectivity index is 1.15. The number of hydrogen-bond acceptors (Lipinski definition) is 3. The van der Waals surface area contributed by atoms with Crippen LogP contribution in [0.1, 0.15) is 22.3 Å². The van der Waals surface area contributed by atoms with E-state index in [0.717, 1.165) is 32.9 Å². The molecule has 2 aromatic heterocycles. The van der Waals surface area contributed by atoms with Crippen molar-refractivity contribution in [1.29, 1.82) is 0 Å². The number of hydrogen-bond donors (Lipinski definition) is 2. The molecule has 2 N–H and O–H groups in total. The van der Waals surface area contributed by atoms with E-state index in [4.69, 9.17) is 24.4 Å². The van der Waals surface area contributed by atoms with Crippen molar-refractivity contribution in [3.63, 3.8) is 0 Å². The number of carbonyl (C=O) groups excluding carboxylic acids is 1. The maximum absolute atomic E-state index is 13.1. The van der Waals surface area contributed by atoms with E-state index in [1.165, 1.54) is 11.1 Å². The van der Waals surface area contributed by atoms with Crippen LogP contribution < -0.4 is 10.9 Å². The van der Waals surface area contributed by atoms with Crippen molar-refractivity contribution in [2.75, 3.05) is 14.1 Å². The van der Waals surface area contributed by atoms with Gasteiger partial charge in [-0.25, -0.2) is 15.6 Å². The summed E-state index contributed by atoms with van der Waals surface area (Å²) in [7, 11) is 3.47.